The van der Waals surface area contributed by atoms with Crippen molar-refractivity contribution in [2.24, 2.45) is 0 Å². The molecule has 0 atom stereocenters. The lowest BCUT2D eigenvalue weighted by molar-refractivity contribution is -0.140. The topological polar surface area (TPSA) is 50.4 Å². The third kappa shape index (κ3) is 6.84. The number of rotatable bonds is 9. The molecule has 0 spiro atoms. The first-order valence-corrected chi connectivity index (χ1v) is 9.32. The summed E-state index contributed by atoms with van der Waals surface area (Å²) < 4.78 is 4.64. The first-order valence-electron chi connectivity index (χ1n) is 8.92. The predicted octanol–water partition coefficient (Wildman–Crippen LogP) is 3.97. The summed E-state index contributed by atoms with van der Waals surface area (Å²) in [5.41, 5.74) is 2.34. The molecule has 26 heavy (non-hydrogen) atoms. The molecule has 0 amide bonds. The Morgan fingerprint density at radius 3 is 2.08 bits per heavy atom. The molecule has 0 fully saturated rings. The number of hydrogen-bond donors (Lipinski definition) is 2. The molecule has 4 nitrogen and oxygen atoms in total. The second kappa shape index (κ2) is 11.3. The van der Waals surface area contributed by atoms with E-state index in [0.29, 0.717) is 11.5 Å². The second-order valence-electron chi connectivity index (χ2n) is 6.04. The van der Waals surface area contributed by atoms with Crippen LogP contribution in [-0.2, 0) is 9.53 Å². The molecule has 2 aromatic carbocycles. The molecule has 2 aromatic rings. The van der Waals surface area contributed by atoms with Crippen molar-refractivity contribution in [2.45, 2.75) is 31.7 Å². The maximum atomic E-state index is 11.1. The van der Waals surface area contributed by atoms with Gasteiger partial charge in [-0.05, 0) is 36.2 Å². The summed E-state index contributed by atoms with van der Waals surface area (Å²) in [6, 6.07) is 20.6. The summed E-state index contributed by atoms with van der Waals surface area (Å²) in [5.74, 6) is -0.149. The zero-order chi connectivity index (χ0) is 18.6. The van der Waals surface area contributed by atoms with E-state index in [1.807, 2.05) is 36.4 Å². The van der Waals surface area contributed by atoms with Gasteiger partial charge in [-0.3, -0.25) is 4.79 Å². The van der Waals surface area contributed by atoms with E-state index in [-0.39, 0.29) is 12.0 Å². The number of methoxy groups -OCH3 is 1. The van der Waals surface area contributed by atoms with Gasteiger partial charge in [-0.15, -0.1) is 0 Å². The van der Waals surface area contributed by atoms with Crippen LogP contribution in [0.15, 0.2) is 60.7 Å². The Hall–Kier alpha value is -2.40. The predicted molar refractivity (Wildman–Crippen MR) is 109 cm³/mol. The fraction of sp³-hybridized carbons (Fsp3) is 0.333. The minimum atomic E-state index is -0.149. The molecule has 0 bridgehead atoms. The van der Waals surface area contributed by atoms with Crippen molar-refractivity contribution in [3.8, 4) is 0 Å². The molecule has 0 aliphatic heterocycles. The van der Waals surface area contributed by atoms with Gasteiger partial charge < -0.3 is 15.4 Å². The Bertz CT molecular complexity index is 637. The number of carbonyl (C=O) groups is 1. The molecule has 0 unspecified atom stereocenters. The summed E-state index contributed by atoms with van der Waals surface area (Å²) in [4.78, 5) is 11.1. The normalized spacial score (nSPS) is 10.4. The van der Waals surface area contributed by atoms with Gasteiger partial charge in [0.25, 0.3) is 0 Å². The standard InChI is InChI=1S/C21H26N2O2S/c1-25-19(24)15-9-4-10-16-22-21(26)23-20(17-11-5-2-6-12-17)18-13-7-3-8-14-18/h2-3,5-8,11-14,20H,4,9-10,15-16H2,1H3,(H2,22,23,26). The van der Waals surface area contributed by atoms with Crippen LogP contribution in [0.4, 0.5) is 0 Å². The van der Waals surface area contributed by atoms with Crippen LogP contribution < -0.4 is 10.6 Å². The van der Waals surface area contributed by atoms with Gasteiger partial charge in [-0.25, -0.2) is 0 Å². The van der Waals surface area contributed by atoms with Crippen molar-refractivity contribution in [3.05, 3.63) is 71.8 Å². The summed E-state index contributed by atoms with van der Waals surface area (Å²) in [6.45, 7) is 0.781. The third-order valence-corrected chi connectivity index (χ3v) is 4.37. The molecule has 0 heterocycles. The zero-order valence-electron chi connectivity index (χ0n) is 15.1. The molecule has 0 radical (unpaired) electrons. The Morgan fingerprint density at radius 2 is 1.54 bits per heavy atom. The van der Waals surface area contributed by atoms with Crippen molar-refractivity contribution in [1.82, 2.24) is 10.6 Å². The maximum absolute atomic E-state index is 11.1. The molecule has 2 N–H and O–H groups in total. The fourth-order valence-electron chi connectivity index (χ4n) is 2.71. The van der Waals surface area contributed by atoms with Gasteiger partial charge in [0.05, 0.1) is 13.2 Å². The zero-order valence-corrected chi connectivity index (χ0v) is 15.9. The third-order valence-electron chi connectivity index (χ3n) is 4.11. The number of thiocarbonyl (C=S) groups is 1. The van der Waals surface area contributed by atoms with Crippen LogP contribution in [0.5, 0.6) is 0 Å². The SMILES string of the molecule is COC(=O)CCCCCNC(=S)NC(c1ccccc1)c1ccccc1. The van der Waals surface area contributed by atoms with E-state index < -0.39 is 0 Å². The summed E-state index contributed by atoms with van der Waals surface area (Å²) in [6.07, 6.45) is 3.24. The van der Waals surface area contributed by atoms with Crippen molar-refractivity contribution in [2.75, 3.05) is 13.7 Å². The highest BCUT2D eigenvalue weighted by atomic mass is 32.1. The minimum Gasteiger partial charge on any atom is -0.469 e. The Balaban J connectivity index is 1.83. The largest absolute Gasteiger partial charge is 0.469 e. The molecule has 5 heteroatoms. The van der Waals surface area contributed by atoms with E-state index in [4.69, 9.17) is 12.2 Å². The van der Waals surface area contributed by atoms with E-state index in [1.54, 1.807) is 0 Å². The minimum absolute atomic E-state index is 0.0109. The van der Waals surface area contributed by atoms with Gasteiger partial charge in [0.1, 0.15) is 0 Å². The average molecular weight is 371 g/mol. The van der Waals surface area contributed by atoms with Crippen LogP contribution in [0, 0.1) is 0 Å². The van der Waals surface area contributed by atoms with Crippen molar-refractivity contribution < 1.29 is 9.53 Å². The van der Waals surface area contributed by atoms with Gasteiger partial charge in [0, 0.05) is 13.0 Å². The highest BCUT2D eigenvalue weighted by Gasteiger charge is 2.14. The quantitative estimate of drug-likeness (QED) is 0.397. The van der Waals surface area contributed by atoms with Crippen LogP contribution in [0.25, 0.3) is 0 Å². The molecule has 0 saturated heterocycles. The van der Waals surface area contributed by atoms with Crippen LogP contribution in [0.2, 0.25) is 0 Å². The lowest BCUT2D eigenvalue weighted by Crippen LogP contribution is -2.38. The molecule has 0 saturated carbocycles. The van der Waals surface area contributed by atoms with E-state index in [9.17, 15) is 4.79 Å². The van der Waals surface area contributed by atoms with Crippen molar-refractivity contribution in [1.29, 1.82) is 0 Å². The maximum Gasteiger partial charge on any atom is 0.305 e. The highest BCUT2D eigenvalue weighted by Crippen LogP contribution is 2.21. The van der Waals surface area contributed by atoms with Gasteiger partial charge in [0.2, 0.25) is 0 Å². The van der Waals surface area contributed by atoms with Gasteiger partial charge in [-0.2, -0.15) is 0 Å². The van der Waals surface area contributed by atoms with Crippen molar-refractivity contribution in [3.63, 3.8) is 0 Å². The monoisotopic (exact) mass is 370 g/mol. The Kier molecular flexibility index (Phi) is 8.63. The smallest absolute Gasteiger partial charge is 0.305 e. The number of esters is 1. The average Bonchev–Trinajstić information content (AvgIpc) is 2.69. The van der Waals surface area contributed by atoms with E-state index in [0.717, 1.165) is 25.8 Å². The highest BCUT2D eigenvalue weighted by molar-refractivity contribution is 7.80. The lowest BCUT2D eigenvalue weighted by Gasteiger charge is -2.22. The van der Waals surface area contributed by atoms with E-state index in [1.165, 1.54) is 18.2 Å². The summed E-state index contributed by atoms with van der Waals surface area (Å²) in [5, 5.41) is 7.31. The number of carbonyl (C=O) groups excluding carboxylic acids is 1. The number of benzene rings is 2. The molecule has 0 aliphatic rings. The number of hydrogen-bond acceptors (Lipinski definition) is 3. The molecule has 0 aliphatic carbocycles. The van der Waals surface area contributed by atoms with Crippen LogP contribution in [0.3, 0.4) is 0 Å². The molecule has 2 rings (SSSR count). The van der Waals surface area contributed by atoms with Crippen LogP contribution in [0.1, 0.15) is 42.9 Å². The van der Waals surface area contributed by atoms with Gasteiger partial charge in [0.15, 0.2) is 5.11 Å². The van der Waals surface area contributed by atoms with Crippen LogP contribution >= 0.6 is 12.2 Å². The lowest BCUT2D eigenvalue weighted by atomic mass is 9.99. The first kappa shape index (κ1) is 19.9. The molecular formula is C21H26N2O2S. The Morgan fingerprint density at radius 1 is 0.962 bits per heavy atom. The molecule has 138 valence electrons. The molecular weight excluding hydrogens is 344 g/mol. The van der Waals surface area contributed by atoms with Gasteiger partial charge in [-0.1, -0.05) is 67.1 Å². The number of unbranched alkanes of at least 4 members (excludes halogenated alkanes) is 2. The first-order chi connectivity index (χ1) is 12.7. The Labute approximate surface area is 161 Å². The molecule has 0 aromatic heterocycles. The van der Waals surface area contributed by atoms with E-state index in [2.05, 4.69) is 39.6 Å². The second-order valence-corrected chi connectivity index (χ2v) is 6.45. The summed E-state index contributed by atoms with van der Waals surface area (Å²) in [7, 11) is 1.42. The number of nitrogens with one attached hydrogen (secondary N) is 2. The van der Waals surface area contributed by atoms with Crippen LogP contribution in [-0.4, -0.2) is 24.7 Å². The van der Waals surface area contributed by atoms with Gasteiger partial charge >= 0.3 is 5.97 Å². The number of ether oxygens (including phenoxy) is 1. The van der Waals surface area contributed by atoms with Crippen molar-refractivity contribution >= 4 is 23.3 Å². The fourth-order valence-corrected chi connectivity index (χ4v) is 2.93. The van der Waals surface area contributed by atoms with E-state index >= 15 is 0 Å². The summed E-state index contributed by atoms with van der Waals surface area (Å²) >= 11 is 5.47.